The lowest BCUT2D eigenvalue weighted by Gasteiger charge is -2.01. The molecule has 0 aliphatic rings. The van der Waals surface area contributed by atoms with Gasteiger partial charge in [-0.2, -0.15) is 5.10 Å². The summed E-state index contributed by atoms with van der Waals surface area (Å²) in [6, 6.07) is 0. The Kier molecular flexibility index (Phi) is 5.56. The summed E-state index contributed by atoms with van der Waals surface area (Å²) < 4.78 is 6.47. The van der Waals surface area contributed by atoms with Gasteiger partial charge in [0.05, 0.1) is 19.7 Å². The van der Waals surface area contributed by atoms with Gasteiger partial charge in [0, 0.05) is 31.4 Å². The number of hydrogen-bond acceptors (Lipinski definition) is 4. The van der Waals surface area contributed by atoms with Crippen molar-refractivity contribution in [2.24, 2.45) is 0 Å². The van der Waals surface area contributed by atoms with Crippen molar-refractivity contribution in [3.63, 3.8) is 0 Å². The van der Waals surface area contributed by atoms with Crippen LogP contribution in [0.5, 0.6) is 0 Å². The molecule has 0 radical (unpaired) electrons. The van der Waals surface area contributed by atoms with Gasteiger partial charge in [-0.3, -0.25) is 9.48 Å². The van der Waals surface area contributed by atoms with E-state index in [1.54, 1.807) is 0 Å². The van der Waals surface area contributed by atoms with E-state index >= 15 is 0 Å². The fraction of sp³-hybridized carbons (Fsp3) is 0.636. The summed E-state index contributed by atoms with van der Waals surface area (Å²) in [5, 5.41) is 7.39. The van der Waals surface area contributed by atoms with Gasteiger partial charge in [0.15, 0.2) is 0 Å². The van der Waals surface area contributed by atoms with E-state index in [1.807, 2.05) is 17.1 Å². The van der Waals surface area contributed by atoms with Crippen LogP contribution in [-0.2, 0) is 22.6 Å². The molecule has 0 aliphatic heterocycles. The second-order valence-corrected chi connectivity index (χ2v) is 3.61. The Bertz CT molecular complexity index is 323. The van der Waals surface area contributed by atoms with Crippen molar-refractivity contribution in [1.82, 2.24) is 15.1 Å². The lowest BCUT2D eigenvalue weighted by atomic mass is 10.3. The third kappa shape index (κ3) is 4.44. The number of rotatable bonds is 7. The molecule has 5 nitrogen and oxygen atoms in total. The number of ether oxygens (including phenoxy) is 1. The molecule has 0 atom stereocenters. The van der Waals surface area contributed by atoms with Crippen LogP contribution in [0.2, 0.25) is 0 Å². The number of esters is 1. The first-order valence-electron chi connectivity index (χ1n) is 5.55. The van der Waals surface area contributed by atoms with Gasteiger partial charge >= 0.3 is 5.97 Å². The van der Waals surface area contributed by atoms with Gasteiger partial charge in [-0.15, -0.1) is 0 Å². The van der Waals surface area contributed by atoms with E-state index in [-0.39, 0.29) is 5.97 Å². The first-order chi connectivity index (χ1) is 7.76. The predicted octanol–water partition coefficient (Wildman–Crippen LogP) is 0.946. The highest BCUT2D eigenvalue weighted by Crippen LogP contribution is 1.98. The van der Waals surface area contributed by atoms with Crippen molar-refractivity contribution in [1.29, 1.82) is 0 Å². The zero-order chi connectivity index (χ0) is 11.8. The molecule has 0 bridgehead atoms. The minimum absolute atomic E-state index is 0.186. The summed E-state index contributed by atoms with van der Waals surface area (Å²) in [4.78, 5) is 10.8. The Morgan fingerprint density at radius 1 is 1.62 bits per heavy atom. The van der Waals surface area contributed by atoms with Crippen LogP contribution >= 0.6 is 0 Å². The van der Waals surface area contributed by atoms with E-state index in [2.05, 4.69) is 22.1 Å². The average Bonchev–Trinajstić information content (AvgIpc) is 2.72. The number of hydrogen-bond donors (Lipinski definition) is 1. The summed E-state index contributed by atoms with van der Waals surface area (Å²) in [5.41, 5.74) is 1.14. The van der Waals surface area contributed by atoms with Crippen molar-refractivity contribution in [2.75, 3.05) is 13.7 Å². The van der Waals surface area contributed by atoms with E-state index in [4.69, 9.17) is 0 Å². The molecule has 0 unspecified atom stereocenters. The molecule has 0 aromatic carbocycles. The van der Waals surface area contributed by atoms with E-state index in [0.717, 1.165) is 25.1 Å². The van der Waals surface area contributed by atoms with E-state index in [9.17, 15) is 4.79 Å². The normalized spacial score (nSPS) is 10.4. The molecule has 5 heteroatoms. The molecule has 1 rings (SSSR count). The standard InChI is InChI=1S/C11H19N3O2/c1-3-6-14-9-10(8-13-14)7-12-5-4-11(15)16-2/h8-9,12H,3-7H2,1-2H3. The number of carbonyl (C=O) groups is 1. The Labute approximate surface area is 95.8 Å². The zero-order valence-electron chi connectivity index (χ0n) is 9.90. The highest BCUT2D eigenvalue weighted by Gasteiger charge is 2.00. The van der Waals surface area contributed by atoms with Crippen LogP contribution in [0.15, 0.2) is 12.4 Å². The minimum atomic E-state index is -0.186. The maximum atomic E-state index is 10.8. The van der Waals surface area contributed by atoms with Crippen molar-refractivity contribution in [3.05, 3.63) is 18.0 Å². The SMILES string of the molecule is CCCn1cc(CNCCC(=O)OC)cn1. The molecule has 0 saturated heterocycles. The highest BCUT2D eigenvalue weighted by atomic mass is 16.5. The maximum absolute atomic E-state index is 10.8. The molecule has 1 aromatic heterocycles. The van der Waals surface area contributed by atoms with Crippen molar-refractivity contribution in [2.45, 2.75) is 32.9 Å². The van der Waals surface area contributed by atoms with Crippen LogP contribution in [-0.4, -0.2) is 29.4 Å². The Morgan fingerprint density at radius 3 is 3.12 bits per heavy atom. The first kappa shape index (κ1) is 12.7. The van der Waals surface area contributed by atoms with Gasteiger partial charge in [0.2, 0.25) is 0 Å². The monoisotopic (exact) mass is 225 g/mol. The van der Waals surface area contributed by atoms with Gasteiger partial charge in [0.25, 0.3) is 0 Å². The minimum Gasteiger partial charge on any atom is -0.469 e. The summed E-state index contributed by atoms with van der Waals surface area (Å²) in [7, 11) is 1.40. The Balaban J connectivity index is 2.19. The second-order valence-electron chi connectivity index (χ2n) is 3.61. The molecule has 1 heterocycles. The molecular weight excluding hydrogens is 206 g/mol. The van der Waals surface area contributed by atoms with Gasteiger partial charge in [-0.25, -0.2) is 0 Å². The molecule has 1 N–H and O–H groups in total. The third-order valence-corrected chi connectivity index (χ3v) is 2.20. The van der Waals surface area contributed by atoms with Crippen LogP contribution in [0.3, 0.4) is 0 Å². The predicted molar refractivity (Wildman–Crippen MR) is 60.9 cm³/mol. The number of aromatic nitrogens is 2. The fourth-order valence-corrected chi connectivity index (χ4v) is 1.37. The lowest BCUT2D eigenvalue weighted by Crippen LogP contribution is -2.18. The van der Waals surface area contributed by atoms with Crippen molar-refractivity contribution in [3.8, 4) is 0 Å². The quantitative estimate of drug-likeness (QED) is 0.554. The molecular formula is C11H19N3O2. The molecule has 0 spiro atoms. The fourth-order valence-electron chi connectivity index (χ4n) is 1.37. The van der Waals surface area contributed by atoms with Gasteiger partial charge in [-0.1, -0.05) is 6.92 Å². The summed E-state index contributed by atoms with van der Waals surface area (Å²) in [6.07, 6.45) is 5.35. The van der Waals surface area contributed by atoms with Crippen molar-refractivity contribution < 1.29 is 9.53 Å². The zero-order valence-corrected chi connectivity index (χ0v) is 9.90. The lowest BCUT2D eigenvalue weighted by molar-refractivity contribution is -0.140. The molecule has 16 heavy (non-hydrogen) atoms. The van der Waals surface area contributed by atoms with Crippen LogP contribution in [0.4, 0.5) is 0 Å². The summed E-state index contributed by atoms with van der Waals surface area (Å²) in [5.74, 6) is -0.186. The molecule has 0 amide bonds. The van der Waals surface area contributed by atoms with E-state index in [0.29, 0.717) is 13.0 Å². The summed E-state index contributed by atoms with van der Waals surface area (Å²) >= 11 is 0. The van der Waals surface area contributed by atoms with Gasteiger partial charge in [0.1, 0.15) is 0 Å². The topological polar surface area (TPSA) is 56.2 Å². The van der Waals surface area contributed by atoms with Crippen molar-refractivity contribution >= 4 is 5.97 Å². The van der Waals surface area contributed by atoms with Crippen LogP contribution in [0.25, 0.3) is 0 Å². The molecule has 1 aromatic rings. The average molecular weight is 225 g/mol. The maximum Gasteiger partial charge on any atom is 0.306 e. The number of carbonyl (C=O) groups excluding carboxylic acids is 1. The molecule has 0 fully saturated rings. The number of nitrogens with zero attached hydrogens (tertiary/aromatic N) is 2. The number of methoxy groups -OCH3 is 1. The van der Waals surface area contributed by atoms with Crippen LogP contribution in [0.1, 0.15) is 25.3 Å². The van der Waals surface area contributed by atoms with Gasteiger partial charge in [-0.05, 0) is 6.42 Å². The first-order valence-corrected chi connectivity index (χ1v) is 5.55. The summed E-state index contributed by atoms with van der Waals surface area (Å²) in [6.45, 7) is 4.43. The molecule has 90 valence electrons. The largest absolute Gasteiger partial charge is 0.469 e. The van der Waals surface area contributed by atoms with Crippen LogP contribution in [0, 0.1) is 0 Å². The Hall–Kier alpha value is -1.36. The Morgan fingerprint density at radius 2 is 2.44 bits per heavy atom. The second kappa shape index (κ2) is 7.00. The van der Waals surface area contributed by atoms with E-state index < -0.39 is 0 Å². The smallest absolute Gasteiger partial charge is 0.306 e. The molecule has 0 aliphatic carbocycles. The number of nitrogens with one attached hydrogen (secondary N) is 1. The number of aryl methyl sites for hydroxylation is 1. The third-order valence-electron chi connectivity index (χ3n) is 2.20. The van der Waals surface area contributed by atoms with E-state index in [1.165, 1.54) is 7.11 Å². The highest BCUT2D eigenvalue weighted by molar-refractivity contribution is 5.69. The molecule has 0 saturated carbocycles. The van der Waals surface area contributed by atoms with Gasteiger partial charge < -0.3 is 10.1 Å². The van der Waals surface area contributed by atoms with Crippen LogP contribution < -0.4 is 5.32 Å².